The molecule has 2 aliphatic rings. The van der Waals surface area contributed by atoms with Gasteiger partial charge in [0.25, 0.3) is 5.91 Å². The Balaban J connectivity index is 1.46. The topological polar surface area (TPSA) is 75.7 Å². The van der Waals surface area contributed by atoms with Crippen molar-refractivity contribution in [3.8, 4) is 0 Å². The number of likely N-dealkylation sites (tertiary alicyclic amines) is 1. The number of carbonyl (C=O) groups excluding carboxylic acids is 3. The number of benzene rings is 1. The maximum Gasteiger partial charge on any atom is 0.311 e. The summed E-state index contributed by atoms with van der Waals surface area (Å²) in [6.07, 6.45) is 4.35. The minimum atomic E-state index is -0.543. The van der Waals surface area contributed by atoms with Gasteiger partial charge in [0.1, 0.15) is 5.82 Å². The fourth-order valence-corrected chi connectivity index (χ4v) is 3.58. The number of nitrogens with zero attached hydrogens (tertiary/aromatic N) is 1. The van der Waals surface area contributed by atoms with E-state index in [9.17, 15) is 18.8 Å². The second-order valence-corrected chi connectivity index (χ2v) is 7.01. The molecular formula is C19H23FN2O4. The van der Waals surface area contributed by atoms with Gasteiger partial charge in [-0.05, 0) is 37.5 Å². The first-order valence-electron chi connectivity index (χ1n) is 8.96. The molecule has 3 rings (SSSR count). The fourth-order valence-electron chi connectivity index (χ4n) is 3.58. The van der Waals surface area contributed by atoms with E-state index in [0.717, 1.165) is 25.7 Å². The fraction of sp³-hybridized carbons (Fsp3) is 0.526. The Bertz CT molecular complexity index is 715. The molecule has 0 spiro atoms. The maximum absolute atomic E-state index is 13.5. The number of rotatable bonds is 5. The van der Waals surface area contributed by atoms with Crippen LogP contribution in [0.4, 0.5) is 10.1 Å². The van der Waals surface area contributed by atoms with Crippen molar-refractivity contribution in [1.82, 2.24) is 4.90 Å². The van der Waals surface area contributed by atoms with E-state index in [1.807, 2.05) is 0 Å². The summed E-state index contributed by atoms with van der Waals surface area (Å²) < 4.78 is 18.5. The monoisotopic (exact) mass is 362 g/mol. The zero-order chi connectivity index (χ0) is 18.7. The van der Waals surface area contributed by atoms with Gasteiger partial charge in [0.15, 0.2) is 6.61 Å². The Morgan fingerprint density at radius 3 is 2.73 bits per heavy atom. The lowest BCUT2D eigenvalue weighted by atomic mass is 10.1. The Labute approximate surface area is 151 Å². The lowest BCUT2D eigenvalue weighted by molar-refractivity contribution is -0.151. The summed E-state index contributed by atoms with van der Waals surface area (Å²) in [7, 11) is 0. The number of amides is 2. The molecule has 1 saturated heterocycles. The average molecular weight is 362 g/mol. The molecule has 26 heavy (non-hydrogen) atoms. The van der Waals surface area contributed by atoms with Crippen LogP contribution in [0.1, 0.15) is 37.7 Å². The van der Waals surface area contributed by atoms with Crippen LogP contribution in [0.5, 0.6) is 0 Å². The number of hydrogen-bond donors (Lipinski definition) is 1. The van der Waals surface area contributed by atoms with Crippen molar-refractivity contribution in [3.63, 3.8) is 0 Å². The molecule has 0 bridgehead atoms. The van der Waals surface area contributed by atoms with Gasteiger partial charge < -0.3 is 15.0 Å². The molecule has 1 heterocycles. The molecule has 2 amide bonds. The number of aryl methyl sites for hydroxylation is 1. The highest BCUT2D eigenvalue weighted by atomic mass is 19.1. The first kappa shape index (κ1) is 18.4. The summed E-state index contributed by atoms with van der Waals surface area (Å²) in [5.41, 5.74) is 0.782. The molecule has 1 N–H and O–H groups in total. The highest BCUT2D eigenvalue weighted by molar-refractivity contribution is 5.93. The van der Waals surface area contributed by atoms with Crippen LogP contribution >= 0.6 is 0 Å². The summed E-state index contributed by atoms with van der Waals surface area (Å²) >= 11 is 0. The molecule has 2 fully saturated rings. The second kappa shape index (κ2) is 7.85. The largest absolute Gasteiger partial charge is 0.455 e. The highest BCUT2D eigenvalue weighted by Gasteiger charge is 2.39. The Kier molecular flexibility index (Phi) is 5.54. The molecule has 7 heteroatoms. The van der Waals surface area contributed by atoms with E-state index in [2.05, 4.69) is 5.32 Å². The third-order valence-corrected chi connectivity index (χ3v) is 5.06. The van der Waals surface area contributed by atoms with Crippen LogP contribution in [-0.4, -0.2) is 41.9 Å². The number of hydrogen-bond acceptors (Lipinski definition) is 4. The second-order valence-electron chi connectivity index (χ2n) is 7.01. The van der Waals surface area contributed by atoms with Gasteiger partial charge in [-0.2, -0.15) is 0 Å². The molecule has 1 atom stereocenters. The van der Waals surface area contributed by atoms with Crippen LogP contribution in [0.25, 0.3) is 0 Å². The van der Waals surface area contributed by atoms with Crippen molar-refractivity contribution in [2.75, 3.05) is 18.5 Å². The van der Waals surface area contributed by atoms with Crippen LogP contribution < -0.4 is 5.32 Å². The predicted octanol–water partition coefficient (Wildman–Crippen LogP) is 2.41. The van der Waals surface area contributed by atoms with Crippen molar-refractivity contribution in [2.24, 2.45) is 5.92 Å². The number of anilines is 1. The SMILES string of the molecule is Cc1ccc(NC(=O)COC(=O)[C@H]2CC(=O)N(C3CCCC3)C2)cc1F. The number of halogens is 1. The molecule has 1 aliphatic carbocycles. The van der Waals surface area contributed by atoms with Crippen LogP contribution in [0.2, 0.25) is 0 Å². The summed E-state index contributed by atoms with van der Waals surface area (Å²) in [5, 5.41) is 2.48. The van der Waals surface area contributed by atoms with Gasteiger partial charge in [-0.3, -0.25) is 14.4 Å². The van der Waals surface area contributed by atoms with E-state index in [1.165, 1.54) is 6.07 Å². The molecule has 6 nitrogen and oxygen atoms in total. The minimum Gasteiger partial charge on any atom is -0.455 e. The Morgan fingerprint density at radius 1 is 1.31 bits per heavy atom. The summed E-state index contributed by atoms with van der Waals surface area (Å²) in [4.78, 5) is 37.9. The summed E-state index contributed by atoms with van der Waals surface area (Å²) in [6, 6.07) is 4.58. The van der Waals surface area contributed by atoms with Gasteiger partial charge in [-0.1, -0.05) is 18.9 Å². The molecule has 1 aromatic rings. The molecular weight excluding hydrogens is 339 g/mol. The van der Waals surface area contributed by atoms with Gasteiger partial charge >= 0.3 is 5.97 Å². The van der Waals surface area contributed by atoms with Crippen LogP contribution in [0.15, 0.2) is 18.2 Å². The van der Waals surface area contributed by atoms with Crippen LogP contribution in [0, 0.1) is 18.7 Å². The number of ether oxygens (including phenoxy) is 1. The first-order valence-corrected chi connectivity index (χ1v) is 8.96. The average Bonchev–Trinajstić information content (AvgIpc) is 3.25. The minimum absolute atomic E-state index is 0.0153. The Morgan fingerprint density at radius 2 is 2.04 bits per heavy atom. The summed E-state index contributed by atoms with van der Waals surface area (Å²) in [5.74, 6) is -2.04. The van der Waals surface area contributed by atoms with Gasteiger partial charge in [0.05, 0.1) is 5.92 Å². The zero-order valence-electron chi connectivity index (χ0n) is 14.8. The van der Waals surface area contributed by atoms with E-state index >= 15 is 0 Å². The molecule has 0 aromatic heterocycles. The lowest BCUT2D eigenvalue weighted by Gasteiger charge is -2.23. The highest BCUT2D eigenvalue weighted by Crippen LogP contribution is 2.29. The van der Waals surface area contributed by atoms with Crippen molar-refractivity contribution in [2.45, 2.75) is 45.1 Å². The normalized spacial score (nSPS) is 20.5. The van der Waals surface area contributed by atoms with Crippen LogP contribution in [-0.2, 0) is 19.1 Å². The first-order chi connectivity index (χ1) is 12.4. The Hall–Kier alpha value is -2.44. The van der Waals surface area contributed by atoms with Crippen molar-refractivity contribution in [1.29, 1.82) is 0 Å². The molecule has 1 saturated carbocycles. The molecule has 0 radical (unpaired) electrons. The smallest absolute Gasteiger partial charge is 0.311 e. The van der Waals surface area contributed by atoms with Gasteiger partial charge in [-0.15, -0.1) is 0 Å². The third-order valence-electron chi connectivity index (χ3n) is 5.06. The maximum atomic E-state index is 13.5. The van der Waals surface area contributed by atoms with E-state index in [1.54, 1.807) is 24.0 Å². The number of carbonyl (C=O) groups is 3. The van der Waals surface area contributed by atoms with E-state index in [0.29, 0.717) is 17.8 Å². The zero-order valence-corrected chi connectivity index (χ0v) is 14.8. The van der Waals surface area contributed by atoms with Crippen molar-refractivity contribution < 1.29 is 23.5 Å². The van der Waals surface area contributed by atoms with Crippen LogP contribution in [0.3, 0.4) is 0 Å². The van der Waals surface area contributed by atoms with Gasteiger partial charge in [0.2, 0.25) is 5.91 Å². The molecule has 1 aliphatic heterocycles. The molecule has 0 unspecified atom stereocenters. The third kappa shape index (κ3) is 4.20. The van der Waals surface area contributed by atoms with Crippen molar-refractivity contribution in [3.05, 3.63) is 29.6 Å². The molecule has 140 valence electrons. The molecule has 1 aromatic carbocycles. The number of esters is 1. The van der Waals surface area contributed by atoms with E-state index in [4.69, 9.17) is 4.74 Å². The standard InChI is InChI=1S/C19H23FN2O4/c1-12-6-7-14(9-16(12)20)21-17(23)11-26-19(25)13-8-18(24)22(10-13)15-4-2-3-5-15/h6-7,9,13,15H,2-5,8,10-11H2,1H3,(H,21,23)/t13-/m0/s1. The van der Waals surface area contributed by atoms with E-state index in [-0.39, 0.29) is 18.4 Å². The van der Waals surface area contributed by atoms with Crippen molar-refractivity contribution >= 4 is 23.5 Å². The van der Waals surface area contributed by atoms with E-state index < -0.39 is 30.2 Å². The summed E-state index contributed by atoms with van der Waals surface area (Å²) in [6.45, 7) is 1.54. The van der Waals surface area contributed by atoms with Gasteiger partial charge in [-0.25, -0.2) is 4.39 Å². The number of nitrogens with one attached hydrogen (secondary N) is 1. The quantitative estimate of drug-likeness (QED) is 0.816. The lowest BCUT2D eigenvalue weighted by Crippen LogP contribution is -2.35. The van der Waals surface area contributed by atoms with Gasteiger partial charge in [0, 0.05) is 24.7 Å². The predicted molar refractivity (Wildman–Crippen MR) is 92.8 cm³/mol.